The molecule has 116 valence electrons. The summed E-state index contributed by atoms with van der Waals surface area (Å²) < 4.78 is 12.2. The van der Waals surface area contributed by atoms with Gasteiger partial charge in [0.1, 0.15) is 6.10 Å². The molecule has 0 aromatic heterocycles. The lowest BCUT2D eigenvalue weighted by atomic mass is 10.1. The van der Waals surface area contributed by atoms with Gasteiger partial charge >= 0.3 is 0 Å². The van der Waals surface area contributed by atoms with Crippen molar-refractivity contribution in [1.29, 1.82) is 0 Å². The van der Waals surface area contributed by atoms with Crippen molar-refractivity contribution in [2.24, 2.45) is 0 Å². The van der Waals surface area contributed by atoms with Crippen molar-refractivity contribution in [3.05, 3.63) is 69.2 Å². The maximum atomic E-state index is 6.28. The summed E-state index contributed by atoms with van der Waals surface area (Å²) in [6.07, 6.45) is -0.219. The van der Waals surface area contributed by atoms with Gasteiger partial charge in [0.2, 0.25) is 5.79 Å². The second-order valence-electron chi connectivity index (χ2n) is 5.34. The average molecular weight is 402 g/mol. The minimum absolute atomic E-state index is 0.219. The lowest BCUT2D eigenvalue weighted by Gasteiger charge is -2.26. The molecule has 0 spiro atoms. The van der Waals surface area contributed by atoms with Crippen LogP contribution in [0, 0.1) is 6.92 Å². The van der Waals surface area contributed by atoms with Crippen LogP contribution in [0.15, 0.2) is 42.5 Å². The van der Waals surface area contributed by atoms with Gasteiger partial charge in [0.15, 0.2) is 0 Å². The number of hydrogen-bond acceptors (Lipinski definition) is 2. The molecule has 0 radical (unpaired) electrons. The molecule has 2 nitrogen and oxygen atoms in total. The molecule has 1 saturated heterocycles. The number of ether oxygens (including phenoxy) is 2. The van der Waals surface area contributed by atoms with Crippen LogP contribution in [-0.2, 0) is 15.3 Å². The maximum Gasteiger partial charge on any atom is 0.205 e. The highest BCUT2D eigenvalue weighted by molar-refractivity contribution is 9.09. The number of benzene rings is 2. The van der Waals surface area contributed by atoms with Crippen molar-refractivity contribution < 1.29 is 9.47 Å². The summed E-state index contributed by atoms with van der Waals surface area (Å²) >= 11 is 15.7. The van der Waals surface area contributed by atoms with E-state index in [-0.39, 0.29) is 6.10 Å². The third-order valence-electron chi connectivity index (χ3n) is 3.78. The van der Waals surface area contributed by atoms with Crippen molar-refractivity contribution in [2.75, 3.05) is 11.9 Å². The first-order valence-electron chi connectivity index (χ1n) is 6.94. The van der Waals surface area contributed by atoms with Crippen molar-refractivity contribution in [3.63, 3.8) is 0 Å². The molecule has 3 rings (SSSR count). The molecule has 1 aliphatic rings. The summed E-state index contributed by atoms with van der Waals surface area (Å²) in [4.78, 5) is 0. The molecule has 2 aromatic carbocycles. The van der Waals surface area contributed by atoms with Crippen LogP contribution in [0.4, 0.5) is 0 Å². The Labute approximate surface area is 148 Å². The minimum atomic E-state index is -0.790. The van der Waals surface area contributed by atoms with E-state index >= 15 is 0 Å². The number of hydrogen-bond donors (Lipinski definition) is 0. The van der Waals surface area contributed by atoms with Crippen molar-refractivity contribution in [1.82, 2.24) is 0 Å². The summed E-state index contributed by atoms with van der Waals surface area (Å²) in [6, 6.07) is 13.6. The van der Waals surface area contributed by atoms with Crippen LogP contribution in [0.3, 0.4) is 0 Å². The van der Waals surface area contributed by atoms with Crippen LogP contribution in [0.2, 0.25) is 10.0 Å². The molecule has 5 heteroatoms. The summed E-state index contributed by atoms with van der Waals surface area (Å²) in [7, 11) is 0. The molecule has 1 aliphatic heterocycles. The fourth-order valence-corrected chi connectivity index (χ4v) is 3.68. The van der Waals surface area contributed by atoms with E-state index in [1.165, 1.54) is 5.56 Å². The summed E-state index contributed by atoms with van der Waals surface area (Å²) in [5.74, 6) is -0.790. The number of halogens is 3. The van der Waals surface area contributed by atoms with Crippen LogP contribution >= 0.6 is 39.1 Å². The van der Waals surface area contributed by atoms with E-state index in [0.717, 1.165) is 11.1 Å². The predicted molar refractivity (Wildman–Crippen MR) is 92.9 cm³/mol. The zero-order valence-electron chi connectivity index (χ0n) is 12.0. The number of aryl methyl sites for hydroxylation is 1. The highest BCUT2D eigenvalue weighted by Crippen LogP contribution is 2.43. The van der Waals surface area contributed by atoms with Crippen LogP contribution in [0.1, 0.15) is 22.8 Å². The van der Waals surface area contributed by atoms with Gasteiger partial charge < -0.3 is 9.47 Å². The van der Waals surface area contributed by atoms with E-state index in [9.17, 15) is 0 Å². The van der Waals surface area contributed by atoms with Gasteiger partial charge in [-0.05, 0) is 19.1 Å². The zero-order chi connectivity index (χ0) is 15.7. The van der Waals surface area contributed by atoms with Crippen molar-refractivity contribution in [3.8, 4) is 0 Å². The second kappa shape index (κ2) is 6.50. The Bertz CT molecular complexity index is 675. The minimum Gasteiger partial charge on any atom is -0.342 e. The summed E-state index contributed by atoms with van der Waals surface area (Å²) in [5, 5.41) is 1.75. The van der Waals surface area contributed by atoms with Crippen molar-refractivity contribution >= 4 is 39.1 Å². The second-order valence-corrected chi connectivity index (χ2v) is 6.74. The van der Waals surface area contributed by atoms with Gasteiger partial charge in [0, 0.05) is 21.2 Å². The highest BCUT2D eigenvalue weighted by Gasteiger charge is 2.43. The highest BCUT2D eigenvalue weighted by atomic mass is 79.9. The molecular weight excluding hydrogens is 387 g/mol. The summed E-state index contributed by atoms with van der Waals surface area (Å²) in [6.45, 7) is 2.50. The zero-order valence-corrected chi connectivity index (χ0v) is 15.1. The topological polar surface area (TPSA) is 18.5 Å². The molecule has 0 saturated carbocycles. The standard InChI is InChI=1S/C17H15BrCl2O2/c1-11-2-4-12(5-3-11)17(10-18)21-9-16(22-17)14-7-6-13(19)8-15(14)20/h2-8,16H,9-10H2,1H3/t16-,17-/m1/s1. The van der Waals surface area contributed by atoms with E-state index in [1.54, 1.807) is 6.07 Å². The van der Waals surface area contributed by atoms with Crippen LogP contribution in [0.25, 0.3) is 0 Å². The third-order valence-corrected chi connectivity index (χ3v) is 5.08. The molecule has 1 fully saturated rings. The van der Waals surface area contributed by atoms with Gasteiger partial charge in [0.25, 0.3) is 0 Å². The molecule has 0 N–H and O–H groups in total. The van der Waals surface area contributed by atoms with E-state index in [1.807, 2.05) is 24.3 Å². The number of rotatable bonds is 3. The molecule has 0 bridgehead atoms. The Morgan fingerprint density at radius 3 is 2.55 bits per heavy atom. The van der Waals surface area contributed by atoms with Gasteiger partial charge in [-0.3, -0.25) is 0 Å². The van der Waals surface area contributed by atoms with Gasteiger partial charge in [-0.2, -0.15) is 0 Å². The first kappa shape index (κ1) is 16.3. The summed E-state index contributed by atoms with van der Waals surface area (Å²) in [5.41, 5.74) is 3.08. The molecule has 2 aromatic rings. The Morgan fingerprint density at radius 2 is 1.91 bits per heavy atom. The Kier molecular flexibility index (Phi) is 4.81. The first-order valence-corrected chi connectivity index (χ1v) is 8.82. The quantitative estimate of drug-likeness (QED) is 0.619. The van der Waals surface area contributed by atoms with Gasteiger partial charge in [-0.1, -0.05) is 75.0 Å². The van der Waals surface area contributed by atoms with Crippen LogP contribution in [0.5, 0.6) is 0 Å². The SMILES string of the molecule is Cc1ccc([C@]2(CBr)OC[C@H](c3ccc(Cl)cc3Cl)O2)cc1. The Hall–Kier alpha value is -0.580. The van der Waals surface area contributed by atoms with Gasteiger partial charge in [0.05, 0.1) is 11.9 Å². The monoisotopic (exact) mass is 400 g/mol. The third kappa shape index (κ3) is 3.06. The van der Waals surface area contributed by atoms with Gasteiger partial charge in [-0.15, -0.1) is 0 Å². The fourth-order valence-electron chi connectivity index (χ4n) is 2.53. The molecule has 0 aliphatic carbocycles. The molecular formula is C17H15BrCl2O2. The fraction of sp³-hybridized carbons (Fsp3) is 0.294. The van der Waals surface area contributed by atoms with E-state index in [4.69, 9.17) is 32.7 Å². The van der Waals surface area contributed by atoms with Gasteiger partial charge in [-0.25, -0.2) is 0 Å². The normalized spacial score (nSPS) is 24.6. The lowest BCUT2D eigenvalue weighted by molar-refractivity contribution is -0.157. The Morgan fingerprint density at radius 1 is 1.18 bits per heavy atom. The molecule has 22 heavy (non-hydrogen) atoms. The Balaban J connectivity index is 1.89. The first-order chi connectivity index (χ1) is 10.5. The molecule has 2 atom stereocenters. The average Bonchev–Trinajstić information content (AvgIpc) is 2.93. The largest absolute Gasteiger partial charge is 0.342 e. The maximum absolute atomic E-state index is 6.28. The van der Waals surface area contributed by atoms with Crippen LogP contribution < -0.4 is 0 Å². The smallest absolute Gasteiger partial charge is 0.205 e. The van der Waals surface area contributed by atoms with Crippen LogP contribution in [-0.4, -0.2) is 11.9 Å². The van der Waals surface area contributed by atoms with E-state index in [0.29, 0.717) is 22.0 Å². The molecule has 0 amide bonds. The molecule has 0 unspecified atom stereocenters. The predicted octanol–water partition coefficient (Wildman–Crippen LogP) is 5.64. The van der Waals surface area contributed by atoms with E-state index in [2.05, 4.69) is 35.0 Å². The lowest BCUT2D eigenvalue weighted by Crippen LogP contribution is -2.29. The van der Waals surface area contributed by atoms with Crippen molar-refractivity contribution in [2.45, 2.75) is 18.8 Å². The molecule has 1 heterocycles. The number of alkyl halides is 1. The van der Waals surface area contributed by atoms with E-state index < -0.39 is 5.79 Å².